The van der Waals surface area contributed by atoms with Gasteiger partial charge in [0.1, 0.15) is 0 Å². The topological polar surface area (TPSA) is 104 Å². The third-order valence-corrected chi connectivity index (χ3v) is 9.49. The lowest BCUT2D eigenvalue weighted by molar-refractivity contribution is 0.0698. The van der Waals surface area contributed by atoms with Crippen LogP contribution in [0.25, 0.3) is 22.3 Å². The number of sulfone groups is 1. The lowest BCUT2D eigenvalue weighted by Gasteiger charge is -2.31. The summed E-state index contributed by atoms with van der Waals surface area (Å²) >= 11 is 0. The van der Waals surface area contributed by atoms with E-state index in [-0.39, 0.29) is 29.5 Å². The SMILES string of the molecule is COc1ccc(-c2cc(C(=O)N(C)C3CCCCC3)c3c(C)nn(C4CCS(=O)(=O)C4)c3n2)cc1OC. The predicted octanol–water partition coefficient (Wildman–Crippen LogP) is 4.19. The number of fused-ring (bicyclic) bond motifs is 1. The van der Waals surface area contributed by atoms with Crippen molar-refractivity contribution in [1.82, 2.24) is 19.7 Å². The lowest BCUT2D eigenvalue weighted by Crippen LogP contribution is -2.38. The maximum Gasteiger partial charge on any atom is 0.254 e. The Morgan fingerprint density at radius 2 is 1.78 bits per heavy atom. The molecule has 1 saturated carbocycles. The minimum Gasteiger partial charge on any atom is -0.493 e. The van der Waals surface area contributed by atoms with Crippen LogP contribution in [-0.2, 0) is 9.84 Å². The van der Waals surface area contributed by atoms with Crippen LogP contribution in [0.4, 0.5) is 0 Å². The first-order valence-electron chi connectivity index (χ1n) is 12.8. The fourth-order valence-corrected chi connectivity index (χ4v) is 7.36. The summed E-state index contributed by atoms with van der Waals surface area (Å²) < 4.78 is 37.1. The number of ether oxygens (including phenoxy) is 2. The van der Waals surface area contributed by atoms with E-state index in [0.717, 1.165) is 31.2 Å². The van der Waals surface area contributed by atoms with Gasteiger partial charge in [0.25, 0.3) is 5.91 Å². The molecule has 1 aliphatic heterocycles. The number of aromatic nitrogens is 3. The van der Waals surface area contributed by atoms with E-state index in [1.807, 2.05) is 43.1 Å². The maximum absolute atomic E-state index is 14.0. The van der Waals surface area contributed by atoms with Gasteiger partial charge in [-0.05, 0) is 50.5 Å². The van der Waals surface area contributed by atoms with E-state index < -0.39 is 9.84 Å². The molecule has 3 heterocycles. The highest BCUT2D eigenvalue weighted by Crippen LogP contribution is 2.36. The largest absolute Gasteiger partial charge is 0.493 e. The molecular weight excluding hydrogens is 492 g/mol. The molecule has 2 fully saturated rings. The Morgan fingerprint density at radius 1 is 1.05 bits per heavy atom. The smallest absolute Gasteiger partial charge is 0.254 e. The average Bonchev–Trinajstić information content (AvgIpc) is 3.45. The van der Waals surface area contributed by atoms with Crippen molar-refractivity contribution in [1.29, 1.82) is 0 Å². The van der Waals surface area contributed by atoms with Crippen LogP contribution in [0.5, 0.6) is 11.5 Å². The monoisotopic (exact) mass is 526 g/mol. The van der Waals surface area contributed by atoms with Crippen molar-refractivity contribution in [2.45, 2.75) is 57.5 Å². The van der Waals surface area contributed by atoms with Crippen LogP contribution >= 0.6 is 0 Å². The first-order valence-corrected chi connectivity index (χ1v) is 14.6. The number of pyridine rings is 1. The molecule has 10 heteroatoms. The summed E-state index contributed by atoms with van der Waals surface area (Å²) in [4.78, 5) is 20.8. The molecule has 5 rings (SSSR count). The van der Waals surface area contributed by atoms with Gasteiger partial charge in [0.2, 0.25) is 0 Å². The van der Waals surface area contributed by atoms with Crippen LogP contribution in [0.1, 0.15) is 60.6 Å². The molecule has 1 aromatic carbocycles. The number of amides is 1. The summed E-state index contributed by atoms with van der Waals surface area (Å²) in [6, 6.07) is 7.23. The van der Waals surface area contributed by atoms with E-state index in [1.54, 1.807) is 18.9 Å². The van der Waals surface area contributed by atoms with Crippen LogP contribution in [0.3, 0.4) is 0 Å². The minimum atomic E-state index is -3.13. The molecule has 1 amide bonds. The Morgan fingerprint density at radius 3 is 2.43 bits per heavy atom. The minimum absolute atomic E-state index is 0.0245. The van der Waals surface area contributed by atoms with E-state index in [1.165, 1.54) is 6.42 Å². The van der Waals surface area contributed by atoms with Gasteiger partial charge in [-0.25, -0.2) is 18.1 Å². The van der Waals surface area contributed by atoms with Gasteiger partial charge < -0.3 is 14.4 Å². The van der Waals surface area contributed by atoms with E-state index >= 15 is 0 Å². The molecular formula is C27H34N4O5S. The molecule has 37 heavy (non-hydrogen) atoms. The van der Waals surface area contributed by atoms with E-state index in [2.05, 4.69) is 0 Å². The highest BCUT2D eigenvalue weighted by molar-refractivity contribution is 7.91. The van der Waals surface area contributed by atoms with E-state index in [4.69, 9.17) is 19.6 Å². The Bertz CT molecular complexity index is 1440. The van der Waals surface area contributed by atoms with E-state index in [0.29, 0.717) is 45.9 Å². The maximum atomic E-state index is 14.0. The van der Waals surface area contributed by atoms with Crippen molar-refractivity contribution in [3.8, 4) is 22.8 Å². The molecule has 1 saturated heterocycles. The zero-order valence-electron chi connectivity index (χ0n) is 21.9. The summed E-state index contributed by atoms with van der Waals surface area (Å²) in [6.45, 7) is 1.86. The Kier molecular flexibility index (Phi) is 6.87. The molecule has 1 atom stereocenters. The summed E-state index contributed by atoms with van der Waals surface area (Å²) in [7, 11) is 1.90. The number of carbonyl (C=O) groups excluding carboxylic acids is 1. The van der Waals surface area contributed by atoms with Gasteiger partial charge in [0, 0.05) is 18.7 Å². The fourth-order valence-electron chi connectivity index (χ4n) is 5.67. The van der Waals surface area contributed by atoms with Gasteiger partial charge in [-0.1, -0.05) is 19.3 Å². The molecule has 198 valence electrons. The second-order valence-corrected chi connectivity index (χ2v) is 12.3. The van der Waals surface area contributed by atoms with Gasteiger partial charge in [-0.2, -0.15) is 5.10 Å². The van der Waals surface area contributed by atoms with Gasteiger partial charge in [0.15, 0.2) is 27.0 Å². The molecule has 0 N–H and O–H groups in total. The summed E-state index contributed by atoms with van der Waals surface area (Å²) in [5.74, 6) is 1.24. The summed E-state index contributed by atoms with van der Waals surface area (Å²) in [6.07, 6.45) is 5.92. The van der Waals surface area contributed by atoms with Gasteiger partial charge in [0.05, 0.1) is 54.1 Å². The number of benzene rings is 1. The number of hydrogen-bond acceptors (Lipinski definition) is 7. The first-order chi connectivity index (χ1) is 17.7. The highest BCUT2D eigenvalue weighted by Gasteiger charge is 2.33. The first kappa shape index (κ1) is 25.5. The molecule has 3 aromatic rings. The predicted molar refractivity (Wildman–Crippen MR) is 142 cm³/mol. The second kappa shape index (κ2) is 9.96. The van der Waals surface area contributed by atoms with Gasteiger partial charge in [-0.3, -0.25) is 4.79 Å². The highest BCUT2D eigenvalue weighted by atomic mass is 32.2. The molecule has 0 radical (unpaired) electrons. The number of hydrogen-bond donors (Lipinski definition) is 0. The van der Waals surface area contributed by atoms with Crippen LogP contribution in [0, 0.1) is 6.92 Å². The number of carbonyl (C=O) groups is 1. The quantitative estimate of drug-likeness (QED) is 0.474. The summed E-state index contributed by atoms with van der Waals surface area (Å²) in [5.41, 5.74) is 3.10. The Labute approximate surface area is 217 Å². The molecule has 1 unspecified atom stereocenters. The second-order valence-electron chi connectivity index (χ2n) is 10.1. The van der Waals surface area contributed by atoms with Crippen molar-refractivity contribution in [3.05, 3.63) is 35.5 Å². The van der Waals surface area contributed by atoms with Gasteiger partial charge in [-0.15, -0.1) is 0 Å². The standard InChI is InChI=1S/C27H34N4O5S/c1-17-25-21(27(32)30(2)19-8-6-5-7-9-19)15-22(18-10-11-23(35-3)24(14-18)36-4)28-26(25)31(29-17)20-12-13-37(33,34)16-20/h10-11,14-15,19-20H,5-9,12-13,16H2,1-4H3. The van der Waals surface area contributed by atoms with Crippen LogP contribution in [-0.4, -0.2) is 72.8 Å². The zero-order valence-corrected chi connectivity index (χ0v) is 22.7. The molecule has 9 nitrogen and oxygen atoms in total. The number of rotatable bonds is 6. The molecule has 2 aliphatic rings. The molecule has 0 spiro atoms. The molecule has 1 aliphatic carbocycles. The lowest BCUT2D eigenvalue weighted by atomic mass is 9.94. The molecule has 2 aromatic heterocycles. The van der Waals surface area contributed by atoms with Crippen molar-refractivity contribution in [3.63, 3.8) is 0 Å². The van der Waals surface area contributed by atoms with Gasteiger partial charge >= 0.3 is 0 Å². The number of methoxy groups -OCH3 is 2. The van der Waals surface area contributed by atoms with Crippen molar-refractivity contribution < 1.29 is 22.7 Å². The fraction of sp³-hybridized carbons (Fsp3) is 0.519. The average molecular weight is 527 g/mol. The third kappa shape index (κ3) is 4.79. The molecule has 0 bridgehead atoms. The Balaban J connectivity index is 1.68. The van der Waals surface area contributed by atoms with Crippen LogP contribution in [0.2, 0.25) is 0 Å². The summed E-state index contributed by atoms with van der Waals surface area (Å²) in [5, 5.41) is 5.40. The number of aryl methyl sites for hydroxylation is 1. The van der Waals surface area contributed by atoms with Crippen molar-refractivity contribution in [2.24, 2.45) is 0 Å². The number of nitrogens with zero attached hydrogens (tertiary/aromatic N) is 4. The third-order valence-electron chi connectivity index (χ3n) is 7.74. The van der Waals surface area contributed by atoms with Crippen LogP contribution in [0.15, 0.2) is 24.3 Å². The normalized spacial score (nSPS) is 19.7. The van der Waals surface area contributed by atoms with Crippen LogP contribution < -0.4 is 9.47 Å². The van der Waals surface area contributed by atoms with E-state index in [9.17, 15) is 13.2 Å². The Hall–Kier alpha value is -3.14. The van der Waals surface area contributed by atoms with Crippen molar-refractivity contribution >= 4 is 26.8 Å². The van der Waals surface area contributed by atoms with Crippen molar-refractivity contribution in [2.75, 3.05) is 32.8 Å². The zero-order chi connectivity index (χ0) is 26.3.